The predicted octanol–water partition coefficient (Wildman–Crippen LogP) is 3.99. The van der Waals surface area contributed by atoms with Crippen LogP contribution in [-0.4, -0.2) is 17.9 Å². The summed E-state index contributed by atoms with van der Waals surface area (Å²) in [5, 5.41) is 0. The molecule has 0 saturated heterocycles. The summed E-state index contributed by atoms with van der Waals surface area (Å²) in [6, 6.07) is 12.5. The molecule has 0 amide bonds. The quantitative estimate of drug-likeness (QED) is 0.589. The van der Waals surface area contributed by atoms with E-state index in [1.807, 2.05) is 18.2 Å². The Bertz CT molecular complexity index is 529. The number of hydrogen-bond acceptors (Lipinski definition) is 3. The fraction of sp³-hybridized carbons (Fsp3) is 0.143. The van der Waals surface area contributed by atoms with Crippen molar-refractivity contribution in [2.24, 2.45) is 0 Å². The van der Waals surface area contributed by atoms with Crippen LogP contribution < -0.4 is 4.74 Å². The number of carbonyl (C=O) groups is 1. The van der Waals surface area contributed by atoms with E-state index in [1.54, 1.807) is 37.6 Å². The summed E-state index contributed by atoms with van der Waals surface area (Å²) in [6.45, 7) is 0. The molecular weight excluding hydrogens is 374 g/mol. The molecule has 0 aliphatic carbocycles. The highest BCUT2D eigenvalue weighted by atomic mass is 79.9. The van der Waals surface area contributed by atoms with E-state index in [1.165, 1.54) is 0 Å². The number of halogens is 2. The zero-order chi connectivity index (χ0) is 13.0. The molecule has 0 radical (unpaired) electrons. The Morgan fingerprint density at radius 1 is 1.21 bits per heavy atom. The van der Waals surface area contributed by atoms with Gasteiger partial charge in [0.1, 0.15) is 10.6 Å². The fourth-order valence-corrected chi connectivity index (χ4v) is 2.10. The van der Waals surface area contributed by atoms with E-state index in [-0.39, 0.29) is 22.8 Å². The maximum absolute atomic E-state index is 12.2. The van der Waals surface area contributed by atoms with Crippen LogP contribution in [0.15, 0.2) is 48.7 Å². The molecule has 0 saturated carbocycles. The summed E-state index contributed by atoms with van der Waals surface area (Å²) in [5.41, 5.74) is 1.33. The molecule has 5 heteroatoms. The average molecular weight is 387 g/mol. The van der Waals surface area contributed by atoms with E-state index in [0.717, 1.165) is 5.75 Å². The lowest BCUT2D eigenvalue weighted by Gasteiger charge is -2.08. The first-order chi connectivity index (χ1) is 8.72. The number of hydrogen-bond donors (Lipinski definition) is 0. The van der Waals surface area contributed by atoms with Crippen molar-refractivity contribution in [2.75, 3.05) is 7.11 Å². The van der Waals surface area contributed by atoms with E-state index in [4.69, 9.17) is 4.74 Å². The number of carbonyl (C=O) groups excluding carboxylic acids is 1. The van der Waals surface area contributed by atoms with Gasteiger partial charge < -0.3 is 4.74 Å². The number of ketones is 1. The number of nitrogens with zero attached hydrogens (tertiary/aromatic N) is 1. The van der Waals surface area contributed by atoms with Crippen molar-refractivity contribution < 1.29 is 9.53 Å². The Morgan fingerprint density at radius 2 is 1.89 bits per heavy atom. The largest absolute Gasteiger partial charge is 0.497 e. The summed E-state index contributed by atoms with van der Waals surface area (Å²) >= 11 is 3.38. The minimum Gasteiger partial charge on any atom is -0.497 e. The van der Waals surface area contributed by atoms with Gasteiger partial charge >= 0.3 is 0 Å². The van der Waals surface area contributed by atoms with Gasteiger partial charge in [0.2, 0.25) is 0 Å². The first-order valence-corrected chi connectivity index (χ1v) is 6.37. The van der Waals surface area contributed by atoms with Gasteiger partial charge in [0.15, 0.2) is 5.78 Å². The minimum absolute atomic E-state index is 0. The van der Waals surface area contributed by atoms with E-state index in [9.17, 15) is 4.79 Å². The second kappa shape index (κ2) is 7.40. The molecular formula is C14H13Br2NO2. The van der Waals surface area contributed by atoms with Crippen molar-refractivity contribution in [3.05, 3.63) is 59.9 Å². The Balaban J connectivity index is 0.00000180. The molecule has 0 fully saturated rings. The van der Waals surface area contributed by atoms with Crippen molar-refractivity contribution >= 4 is 38.7 Å². The number of alkyl halides is 1. The van der Waals surface area contributed by atoms with Gasteiger partial charge in [0.25, 0.3) is 0 Å². The molecule has 1 unspecified atom stereocenters. The van der Waals surface area contributed by atoms with E-state index < -0.39 is 4.83 Å². The third-order valence-corrected chi connectivity index (χ3v) is 3.44. The molecule has 0 bridgehead atoms. The third-order valence-electron chi connectivity index (χ3n) is 2.55. The minimum atomic E-state index is -0.424. The normalized spacial score (nSPS) is 11.3. The first-order valence-electron chi connectivity index (χ1n) is 5.45. The molecule has 0 aliphatic heterocycles. The molecule has 0 spiro atoms. The number of pyridine rings is 1. The lowest BCUT2D eigenvalue weighted by atomic mass is 10.1. The van der Waals surface area contributed by atoms with Crippen molar-refractivity contribution in [3.8, 4) is 5.75 Å². The van der Waals surface area contributed by atoms with Gasteiger partial charge in [-0.1, -0.05) is 22.0 Å². The van der Waals surface area contributed by atoms with Gasteiger partial charge in [-0.3, -0.25) is 9.78 Å². The lowest BCUT2D eigenvalue weighted by molar-refractivity contribution is 0.0990. The molecule has 1 aromatic carbocycles. The number of rotatable bonds is 4. The topological polar surface area (TPSA) is 39.2 Å². The highest BCUT2D eigenvalue weighted by Crippen LogP contribution is 2.26. The van der Waals surface area contributed by atoms with Gasteiger partial charge in [-0.25, -0.2) is 0 Å². The van der Waals surface area contributed by atoms with Crippen LogP contribution in [0.2, 0.25) is 0 Å². The lowest BCUT2D eigenvalue weighted by Crippen LogP contribution is -2.08. The standard InChI is InChI=1S/C14H12BrNO2.BrH/c1-18-11-7-5-10(6-8-11)14(17)13(15)12-4-2-3-9-16-12;/h2-9,13H,1H3;1H. The molecule has 1 heterocycles. The SMILES string of the molecule is Br.COc1ccc(C(=O)C(Br)c2ccccn2)cc1. The van der Waals surface area contributed by atoms with Gasteiger partial charge in [-0.15, -0.1) is 17.0 Å². The molecule has 1 aromatic heterocycles. The average Bonchev–Trinajstić information content (AvgIpc) is 2.47. The van der Waals surface area contributed by atoms with Crippen molar-refractivity contribution in [2.45, 2.75) is 4.83 Å². The summed E-state index contributed by atoms with van der Waals surface area (Å²) in [7, 11) is 1.60. The van der Waals surface area contributed by atoms with Crippen molar-refractivity contribution in [1.29, 1.82) is 0 Å². The van der Waals surface area contributed by atoms with Crippen LogP contribution in [-0.2, 0) is 0 Å². The Labute approximate surface area is 130 Å². The zero-order valence-electron chi connectivity index (χ0n) is 10.2. The van der Waals surface area contributed by atoms with Crippen LogP contribution in [0.4, 0.5) is 0 Å². The number of ether oxygens (including phenoxy) is 1. The van der Waals surface area contributed by atoms with Crippen LogP contribution in [0.5, 0.6) is 5.75 Å². The maximum atomic E-state index is 12.2. The molecule has 100 valence electrons. The second-order valence-corrected chi connectivity index (χ2v) is 4.63. The molecule has 2 aromatic rings. The smallest absolute Gasteiger partial charge is 0.182 e. The van der Waals surface area contributed by atoms with Gasteiger partial charge in [0.05, 0.1) is 12.8 Å². The second-order valence-electron chi connectivity index (χ2n) is 3.71. The van der Waals surface area contributed by atoms with Gasteiger partial charge in [0, 0.05) is 11.8 Å². The molecule has 1 atom stereocenters. The van der Waals surface area contributed by atoms with E-state index in [2.05, 4.69) is 20.9 Å². The predicted molar refractivity (Wildman–Crippen MR) is 83.6 cm³/mol. The van der Waals surface area contributed by atoms with Gasteiger partial charge in [-0.05, 0) is 36.4 Å². The fourth-order valence-electron chi connectivity index (χ4n) is 1.56. The monoisotopic (exact) mass is 385 g/mol. The third kappa shape index (κ3) is 3.88. The summed E-state index contributed by atoms with van der Waals surface area (Å²) in [6.07, 6.45) is 1.67. The number of methoxy groups -OCH3 is 1. The van der Waals surface area contributed by atoms with Crippen LogP contribution in [0.3, 0.4) is 0 Å². The summed E-state index contributed by atoms with van der Waals surface area (Å²) in [4.78, 5) is 16.0. The van der Waals surface area contributed by atoms with Crippen LogP contribution in [0, 0.1) is 0 Å². The van der Waals surface area contributed by atoms with Crippen LogP contribution >= 0.6 is 32.9 Å². The summed E-state index contributed by atoms with van der Waals surface area (Å²) < 4.78 is 5.06. The molecule has 2 rings (SSSR count). The van der Waals surface area contributed by atoms with E-state index >= 15 is 0 Å². The van der Waals surface area contributed by atoms with E-state index in [0.29, 0.717) is 11.3 Å². The molecule has 0 aliphatic rings. The Kier molecular flexibility index (Phi) is 6.18. The number of benzene rings is 1. The number of aromatic nitrogens is 1. The Hall–Kier alpha value is -1.20. The summed E-state index contributed by atoms with van der Waals surface area (Å²) in [5.74, 6) is 0.715. The van der Waals surface area contributed by atoms with Gasteiger partial charge in [-0.2, -0.15) is 0 Å². The van der Waals surface area contributed by atoms with Crippen molar-refractivity contribution in [1.82, 2.24) is 4.98 Å². The zero-order valence-corrected chi connectivity index (χ0v) is 13.5. The highest BCUT2D eigenvalue weighted by molar-refractivity contribution is 9.09. The number of Topliss-reactive ketones (excluding diaryl/α,β-unsaturated/α-hetero) is 1. The first kappa shape index (κ1) is 15.9. The highest BCUT2D eigenvalue weighted by Gasteiger charge is 2.19. The molecule has 3 nitrogen and oxygen atoms in total. The van der Waals surface area contributed by atoms with Crippen LogP contribution in [0.1, 0.15) is 20.9 Å². The van der Waals surface area contributed by atoms with Crippen LogP contribution in [0.25, 0.3) is 0 Å². The Morgan fingerprint density at radius 3 is 2.42 bits per heavy atom. The molecule has 19 heavy (non-hydrogen) atoms. The maximum Gasteiger partial charge on any atom is 0.182 e. The molecule has 0 N–H and O–H groups in total. The van der Waals surface area contributed by atoms with Crippen molar-refractivity contribution in [3.63, 3.8) is 0 Å².